The van der Waals surface area contributed by atoms with E-state index in [1.54, 1.807) is 0 Å². The molecule has 0 saturated carbocycles. The van der Waals surface area contributed by atoms with E-state index in [0.29, 0.717) is 18.0 Å². The van der Waals surface area contributed by atoms with Crippen LogP contribution in [0.5, 0.6) is 0 Å². The van der Waals surface area contributed by atoms with E-state index in [0.717, 1.165) is 13.1 Å². The van der Waals surface area contributed by atoms with E-state index < -0.39 is 0 Å². The second kappa shape index (κ2) is 5.09. The molecule has 2 heteroatoms. The first-order valence-electron chi connectivity index (χ1n) is 6.68. The maximum absolute atomic E-state index is 3.47. The van der Waals surface area contributed by atoms with Crippen molar-refractivity contribution in [1.29, 1.82) is 0 Å². The summed E-state index contributed by atoms with van der Waals surface area (Å²) in [5.74, 6) is 0.613. The zero-order valence-electron chi connectivity index (χ0n) is 11.4. The van der Waals surface area contributed by atoms with Crippen LogP contribution < -0.4 is 10.2 Å². The molecule has 0 amide bonds. The van der Waals surface area contributed by atoms with Gasteiger partial charge in [0.25, 0.3) is 0 Å². The zero-order chi connectivity index (χ0) is 12.4. The molecule has 1 heterocycles. The molecular formula is C15H24N2. The van der Waals surface area contributed by atoms with Crippen LogP contribution in [0.15, 0.2) is 24.3 Å². The molecule has 0 unspecified atom stereocenters. The number of nitrogens with zero attached hydrogens (tertiary/aromatic N) is 1. The number of nitrogens with one attached hydrogen (secondary N) is 1. The monoisotopic (exact) mass is 232 g/mol. The summed E-state index contributed by atoms with van der Waals surface area (Å²) in [4.78, 5) is 2.53. The lowest BCUT2D eigenvalue weighted by Crippen LogP contribution is -2.55. The molecule has 2 atom stereocenters. The van der Waals surface area contributed by atoms with Crippen molar-refractivity contribution >= 4 is 5.69 Å². The predicted octanol–water partition coefficient (Wildman–Crippen LogP) is 3.00. The molecule has 1 fully saturated rings. The number of hydrogen-bond acceptors (Lipinski definition) is 2. The van der Waals surface area contributed by atoms with Gasteiger partial charge in [0.2, 0.25) is 0 Å². The van der Waals surface area contributed by atoms with Crippen molar-refractivity contribution in [2.75, 3.05) is 18.0 Å². The van der Waals surface area contributed by atoms with E-state index in [9.17, 15) is 0 Å². The summed E-state index contributed by atoms with van der Waals surface area (Å²) in [6.07, 6.45) is 0. The number of piperazine rings is 1. The molecule has 1 aliphatic heterocycles. The van der Waals surface area contributed by atoms with E-state index in [1.165, 1.54) is 11.3 Å². The van der Waals surface area contributed by atoms with Crippen LogP contribution >= 0.6 is 0 Å². The van der Waals surface area contributed by atoms with Gasteiger partial charge in [0, 0.05) is 30.9 Å². The number of anilines is 1. The fourth-order valence-corrected chi connectivity index (χ4v) is 2.67. The summed E-state index contributed by atoms with van der Waals surface area (Å²) < 4.78 is 0. The molecule has 1 aliphatic rings. The van der Waals surface area contributed by atoms with Gasteiger partial charge < -0.3 is 10.2 Å². The molecule has 0 spiro atoms. The van der Waals surface area contributed by atoms with Crippen LogP contribution in [0, 0.1) is 0 Å². The summed E-state index contributed by atoms with van der Waals surface area (Å²) in [6.45, 7) is 11.2. The van der Waals surface area contributed by atoms with Crippen molar-refractivity contribution in [3.63, 3.8) is 0 Å². The molecule has 1 saturated heterocycles. The van der Waals surface area contributed by atoms with Crippen LogP contribution in [0.3, 0.4) is 0 Å². The lowest BCUT2D eigenvalue weighted by atomic mass is 10.0. The highest BCUT2D eigenvalue weighted by molar-refractivity contribution is 5.50. The highest BCUT2D eigenvalue weighted by Gasteiger charge is 2.24. The average molecular weight is 232 g/mol. The van der Waals surface area contributed by atoms with E-state index in [-0.39, 0.29) is 0 Å². The molecule has 1 aromatic carbocycles. The lowest BCUT2D eigenvalue weighted by Gasteiger charge is -2.41. The van der Waals surface area contributed by atoms with Crippen molar-refractivity contribution < 1.29 is 0 Å². The van der Waals surface area contributed by atoms with E-state index >= 15 is 0 Å². The summed E-state index contributed by atoms with van der Waals surface area (Å²) in [5, 5.41) is 3.47. The van der Waals surface area contributed by atoms with Crippen molar-refractivity contribution in [3.8, 4) is 0 Å². The third-order valence-corrected chi connectivity index (χ3v) is 3.69. The number of benzene rings is 1. The van der Waals surface area contributed by atoms with Gasteiger partial charge in [-0.25, -0.2) is 0 Å². The van der Waals surface area contributed by atoms with Crippen LogP contribution in [-0.4, -0.2) is 25.2 Å². The highest BCUT2D eigenvalue weighted by atomic mass is 15.2. The highest BCUT2D eigenvalue weighted by Crippen LogP contribution is 2.24. The third-order valence-electron chi connectivity index (χ3n) is 3.69. The predicted molar refractivity (Wildman–Crippen MR) is 74.8 cm³/mol. The Kier molecular flexibility index (Phi) is 3.72. The molecular weight excluding hydrogens is 208 g/mol. The number of hydrogen-bond donors (Lipinski definition) is 1. The van der Waals surface area contributed by atoms with Crippen LogP contribution in [0.2, 0.25) is 0 Å². The molecule has 94 valence electrons. The van der Waals surface area contributed by atoms with Gasteiger partial charge in [-0.05, 0) is 37.5 Å². The van der Waals surface area contributed by atoms with E-state index in [2.05, 4.69) is 62.2 Å². The summed E-state index contributed by atoms with van der Waals surface area (Å²) >= 11 is 0. The van der Waals surface area contributed by atoms with Crippen LogP contribution in [0.1, 0.15) is 39.2 Å². The Hall–Kier alpha value is -1.02. The van der Waals surface area contributed by atoms with Crippen LogP contribution in [0.25, 0.3) is 0 Å². The van der Waals surface area contributed by atoms with Gasteiger partial charge >= 0.3 is 0 Å². The smallest absolute Gasteiger partial charge is 0.0389 e. The molecule has 1 N–H and O–H groups in total. The number of rotatable bonds is 2. The standard InChI is InChI=1S/C15H24N2/c1-11(2)14-5-7-15(8-6-14)17-12(3)9-16-10-13(17)4/h5-8,11-13,16H,9-10H2,1-4H3/t12-,13-/m1/s1. The SMILES string of the molecule is CC(C)c1ccc(N2[C@H](C)CNC[C@H]2C)cc1. The van der Waals surface area contributed by atoms with Gasteiger partial charge in [-0.3, -0.25) is 0 Å². The fourth-order valence-electron chi connectivity index (χ4n) is 2.67. The summed E-state index contributed by atoms with van der Waals surface area (Å²) in [5.41, 5.74) is 2.78. The largest absolute Gasteiger partial charge is 0.364 e. The Balaban J connectivity index is 2.20. The minimum absolute atomic E-state index is 0.573. The Labute approximate surface area is 105 Å². The van der Waals surface area contributed by atoms with Crippen molar-refractivity contribution in [3.05, 3.63) is 29.8 Å². The maximum Gasteiger partial charge on any atom is 0.0389 e. The molecule has 0 radical (unpaired) electrons. The van der Waals surface area contributed by atoms with E-state index in [1.807, 2.05) is 0 Å². The van der Waals surface area contributed by atoms with Crippen LogP contribution in [-0.2, 0) is 0 Å². The second-order valence-corrected chi connectivity index (χ2v) is 5.51. The molecule has 0 bridgehead atoms. The van der Waals surface area contributed by atoms with Gasteiger partial charge in [0.05, 0.1) is 0 Å². The molecule has 2 rings (SSSR count). The van der Waals surface area contributed by atoms with Crippen molar-refractivity contribution in [2.24, 2.45) is 0 Å². The summed E-state index contributed by atoms with van der Waals surface area (Å²) in [7, 11) is 0. The third kappa shape index (κ3) is 2.63. The normalized spacial score (nSPS) is 25.4. The topological polar surface area (TPSA) is 15.3 Å². The molecule has 17 heavy (non-hydrogen) atoms. The maximum atomic E-state index is 3.47. The van der Waals surface area contributed by atoms with Gasteiger partial charge in [-0.2, -0.15) is 0 Å². The van der Waals surface area contributed by atoms with Crippen LogP contribution in [0.4, 0.5) is 5.69 Å². The Morgan fingerprint density at radius 1 is 1.06 bits per heavy atom. The zero-order valence-corrected chi connectivity index (χ0v) is 11.4. The Morgan fingerprint density at radius 2 is 1.59 bits per heavy atom. The first-order valence-corrected chi connectivity index (χ1v) is 6.68. The van der Waals surface area contributed by atoms with Gasteiger partial charge in [0.1, 0.15) is 0 Å². The lowest BCUT2D eigenvalue weighted by molar-refractivity contribution is 0.432. The average Bonchev–Trinajstić information content (AvgIpc) is 2.29. The summed E-state index contributed by atoms with van der Waals surface area (Å²) in [6, 6.07) is 10.2. The quantitative estimate of drug-likeness (QED) is 0.843. The van der Waals surface area contributed by atoms with Crippen molar-refractivity contribution in [1.82, 2.24) is 5.32 Å². The van der Waals surface area contributed by atoms with Gasteiger partial charge in [-0.1, -0.05) is 26.0 Å². The molecule has 2 nitrogen and oxygen atoms in total. The Bertz CT molecular complexity index is 346. The first kappa shape index (κ1) is 12.4. The van der Waals surface area contributed by atoms with Crippen molar-refractivity contribution in [2.45, 2.75) is 45.7 Å². The van der Waals surface area contributed by atoms with Gasteiger partial charge in [0.15, 0.2) is 0 Å². The second-order valence-electron chi connectivity index (χ2n) is 5.51. The van der Waals surface area contributed by atoms with E-state index in [4.69, 9.17) is 0 Å². The fraction of sp³-hybridized carbons (Fsp3) is 0.600. The van der Waals surface area contributed by atoms with Gasteiger partial charge in [-0.15, -0.1) is 0 Å². The Morgan fingerprint density at radius 3 is 2.06 bits per heavy atom. The minimum atomic E-state index is 0.573. The molecule has 0 aliphatic carbocycles. The minimum Gasteiger partial charge on any atom is -0.364 e. The molecule has 0 aromatic heterocycles. The molecule has 1 aromatic rings. The first-order chi connectivity index (χ1) is 8.09.